The lowest BCUT2D eigenvalue weighted by Gasteiger charge is -2.09. The van der Waals surface area contributed by atoms with Gasteiger partial charge in [-0.15, -0.1) is 0 Å². The fraction of sp³-hybridized carbons (Fsp3) is 0.286. The molecule has 1 atom stereocenters. The number of hydrogen-bond donors (Lipinski definition) is 0. The summed E-state index contributed by atoms with van der Waals surface area (Å²) in [6, 6.07) is 9.41. The van der Waals surface area contributed by atoms with Gasteiger partial charge >= 0.3 is 11.9 Å². The van der Waals surface area contributed by atoms with Crippen LogP contribution in [0, 0.1) is 0 Å². The molecule has 4 heteroatoms. The zero-order valence-electron chi connectivity index (χ0n) is 10.5. The molecular formula is C14H16O4. The fourth-order valence-corrected chi connectivity index (χ4v) is 1.33. The van der Waals surface area contributed by atoms with E-state index in [-0.39, 0.29) is 6.42 Å². The first-order valence-corrected chi connectivity index (χ1v) is 5.62. The first-order chi connectivity index (χ1) is 8.61. The summed E-state index contributed by atoms with van der Waals surface area (Å²) in [5.74, 6) is -0.877. The molecule has 0 saturated carbocycles. The van der Waals surface area contributed by atoms with Crippen molar-refractivity contribution in [2.24, 2.45) is 0 Å². The molecule has 0 heterocycles. The highest BCUT2D eigenvalue weighted by molar-refractivity contribution is 5.87. The van der Waals surface area contributed by atoms with Gasteiger partial charge in [0.1, 0.15) is 6.10 Å². The summed E-state index contributed by atoms with van der Waals surface area (Å²) in [6.45, 7) is 1.64. The molecule has 0 N–H and O–H groups in total. The van der Waals surface area contributed by atoms with E-state index in [1.165, 1.54) is 13.2 Å². The Balaban J connectivity index is 2.42. The standard InChI is InChI=1S/C14H16O4/c1-11(10-14(16)17-2)18-13(15)9-8-12-6-4-3-5-7-12/h3-9,11H,10H2,1-2H3/b9-8+. The molecule has 0 radical (unpaired) electrons. The van der Waals surface area contributed by atoms with E-state index in [1.807, 2.05) is 30.3 Å². The summed E-state index contributed by atoms with van der Waals surface area (Å²) in [4.78, 5) is 22.4. The highest BCUT2D eigenvalue weighted by Crippen LogP contribution is 2.03. The molecule has 4 nitrogen and oxygen atoms in total. The maximum absolute atomic E-state index is 11.4. The highest BCUT2D eigenvalue weighted by atomic mass is 16.6. The van der Waals surface area contributed by atoms with Crippen molar-refractivity contribution in [3.8, 4) is 0 Å². The van der Waals surface area contributed by atoms with Gasteiger partial charge < -0.3 is 9.47 Å². The average molecular weight is 248 g/mol. The number of carbonyl (C=O) groups excluding carboxylic acids is 2. The summed E-state index contributed by atoms with van der Waals surface area (Å²) >= 11 is 0. The molecule has 0 aromatic heterocycles. The van der Waals surface area contributed by atoms with E-state index in [0.29, 0.717) is 0 Å². The van der Waals surface area contributed by atoms with E-state index in [2.05, 4.69) is 4.74 Å². The van der Waals surface area contributed by atoms with Gasteiger partial charge in [0.15, 0.2) is 0 Å². The Kier molecular flexibility index (Phi) is 5.64. The number of esters is 2. The van der Waals surface area contributed by atoms with Crippen LogP contribution in [0.2, 0.25) is 0 Å². The molecule has 1 unspecified atom stereocenters. The second-order valence-corrected chi connectivity index (χ2v) is 3.77. The van der Waals surface area contributed by atoms with Gasteiger partial charge in [0, 0.05) is 6.08 Å². The second kappa shape index (κ2) is 7.27. The van der Waals surface area contributed by atoms with Crippen LogP contribution in [0.1, 0.15) is 18.9 Å². The topological polar surface area (TPSA) is 52.6 Å². The minimum atomic E-state index is -0.495. The van der Waals surface area contributed by atoms with E-state index in [4.69, 9.17) is 4.74 Å². The van der Waals surface area contributed by atoms with Crippen LogP contribution in [0.5, 0.6) is 0 Å². The Hall–Kier alpha value is -2.10. The monoisotopic (exact) mass is 248 g/mol. The van der Waals surface area contributed by atoms with Gasteiger partial charge in [-0.2, -0.15) is 0 Å². The van der Waals surface area contributed by atoms with Crippen molar-refractivity contribution in [2.45, 2.75) is 19.4 Å². The number of rotatable bonds is 5. The van der Waals surface area contributed by atoms with Crippen molar-refractivity contribution < 1.29 is 19.1 Å². The molecule has 18 heavy (non-hydrogen) atoms. The number of carbonyl (C=O) groups is 2. The quantitative estimate of drug-likeness (QED) is 0.592. The Morgan fingerprint density at radius 3 is 2.56 bits per heavy atom. The van der Waals surface area contributed by atoms with Crippen LogP contribution in [-0.2, 0) is 19.1 Å². The maximum atomic E-state index is 11.4. The van der Waals surface area contributed by atoms with E-state index in [0.717, 1.165) is 5.56 Å². The molecule has 1 rings (SSSR count). The van der Waals surface area contributed by atoms with E-state index < -0.39 is 18.0 Å². The van der Waals surface area contributed by atoms with Crippen LogP contribution < -0.4 is 0 Å². The summed E-state index contributed by atoms with van der Waals surface area (Å²) in [6.07, 6.45) is 2.56. The Labute approximate surface area is 106 Å². The first kappa shape index (κ1) is 14.0. The second-order valence-electron chi connectivity index (χ2n) is 3.77. The molecule has 96 valence electrons. The molecule has 0 bridgehead atoms. The zero-order valence-corrected chi connectivity index (χ0v) is 10.5. The lowest BCUT2D eigenvalue weighted by atomic mass is 10.2. The van der Waals surface area contributed by atoms with Gasteiger partial charge in [-0.3, -0.25) is 4.79 Å². The van der Waals surface area contributed by atoms with Crippen LogP contribution in [0.25, 0.3) is 6.08 Å². The van der Waals surface area contributed by atoms with Gasteiger partial charge in [-0.1, -0.05) is 30.3 Å². The average Bonchev–Trinajstić information content (AvgIpc) is 2.37. The smallest absolute Gasteiger partial charge is 0.331 e. The predicted octanol–water partition coefficient (Wildman–Crippen LogP) is 2.19. The molecular weight excluding hydrogens is 232 g/mol. The molecule has 1 aromatic rings. The van der Waals surface area contributed by atoms with E-state index in [1.54, 1.807) is 13.0 Å². The van der Waals surface area contributed by atoms with Gasteiger partial charge in [0.05, 0.1) is 13.5 Å². The van der Waals surface area contributed by atoms with Gasteiger partial charge in [-0.25, -0.2) is 4.79 Å². The van der Waals surface area contributed by atoms with Gasteiger partial charge in [-0.05, 0) is 18.6 Å². The third-order valence-electron chi connectivity index (χ3n) is 2.21. The number of methoxy groups -OCH3 is 1. The SMILES string of the molecule is COC(=O)CC(C)OC(=O)/C=C/c1ccccc1. The van der Waals surface area contributed by atoms with Crippen molar-refractivity contribution in [2.75, 3.05) is 7.11 Å². The summed E-state index contributed by atoms with van der Waals surface area (Å²) in [5.41, 5.74) is 0.912. The Bertz CT molecular complexity index is 423. The summed E-state index contributed by atoms with van der Waals surface area (Å²) < 4.78 is 9.50. The number of ether oxygens (including phenoxy) is 2. The lowest BCUT2D eigenvalue weighted by molar-refractivity contribution is -0.149. The predicted molar refractivity (Wildman–Crippen MR) is 67.7 cm³/mol. The van der Waals surface area contributed by atoms with E-state index >= 15 is 0 Å². The third-order valence-corrected chi connectivity index (χ3v) is 2.21. The van der Waals surface area contributed by atoms with Crippen molar-refractivity contribution >= 4 is 18.0 Å². The summed E-state index contributed by atoms with van der Waals surface area (Å²) in [7, 11) is 1.30. The van der Waals surface area contributed by atoms with Crippen LogP contribution in [0.3, 0.4) is 0 Å². The maximum Gasteiger partial charge on any atom is 0.331 e. The fourth-order valence-electron chi connectivity index (χ4n) is 1.33. The van der Waals surface area contributed by atoms with Crippen LogP contribution in [0.4, 0.5) is 0 Å². The number of benzene rings is 1. The number of hydrogen-bond acceptors (Lipinski definition) is 4. The largest absolute Gasteiger partial charge is 0.469 e. The highest BCUT2D eigenvalue weighted by Gasteiger charge is 2.12. The Morgan fingerprint density at radius 1 is 1.28 bits per heavy atom. The molecule has 0 amide bonds. The molecule has 1 aromatic carbocycles. The van der Waals surface area contributed by atoms with Gasteiger partial charge in [0.2, 0.25) is 0 Å². The minimum absolute atomic E-state index is 0.0570. The van der Waals surface area contributed by atoms with Crippen molar-refractivity contribution in [1.82, 2.24) is 0 Å². The van der Waals surface area contributed by atoms with Crippen LogP contribution >= 0.6 is 0 Å². The molecule has 0 spiro atoms. The summed E-state index contributed by atoms with van der Waals surface area (Å²) in [5, 5.41) is 0. The molecule has 0 fully saturated rings. The molecule has 0 aliphatic heterocycles. The first-order valence-electron chi connectivity index (χ1n) is 5.62. The molecule has 0 aliphatic carbocycles. The van der Waals surface area contributed by atoms with E-state index in [9.17, 15) is 9.59 Å². The van der Waals surface area contributed by atoms with Crippen molar-refractivity contribution in [3.05, 3.63) is 42.0 Å². The van der Waals surface area contributed by atoms with Crippen molar-refractivity contribution in [1.29, 1.82) is 0 Å². The lowest BCUT2D eigenvalue weighted by Crippen LogP contribution is -2.18. The third kappa shape index (κ3) is 5.30. The van der Waals surface area contributed by atoms with Crippen LogP contribution in [-0.4, -0.2) is 25.2 Å². The molecule has 0 aliphatic rings. The van der Waals surface area contributed by atoms with Crippen LogP contribution in [0.15, 0.2) is 36.4 Å². The zero-order chi connectivity index (χ0) is 13.4. The van der Waals surface area contributed by atoms with Gasteiger partial charge in [0.25, 0.3) is 0 Å². The minimum Gasteiger partial charge on any atom is -0.469 e. The van der Waals surface area contributed by atoms with Crippen molar-refractivity contribution in [3.63, 3.8) is 0 Å². The molecule has 0 saturated heterocycles. The Morgan fingerprint density at radius 2 is 1.94 bits per heavy atom. The normalized spacial score (nSPS) is 12.1.